The Bertz CT molecular complexity index is 657. The van der Waals surface area contributed by atoms with Gasteiger partial charge < -0.3 is 10.1 Å². The molecule has 4 heteroatoms. The predicted octanol–water partition coefficient (Wildman–Crippen LogP) is 2.69. The molecule has 0 unspecified atom stereocenters. The smallest absolute Gasteiger partial charge is 0.251 e. The Kier molecular flexibility index (Phi) is 4.94. The molecular weight excluding hydrogens is 264 g/mol. The molecule has 2 aromatic rings. The SMILES string of the molecule is COc1ccc(CNC(=O)c2cccc(CC#N)c2)cc1. The summed E-state index contributed by atoms with van der Waals surface area (Å²) in [6.45, 7) is 0.450. The summed E-state index contributed by atoms with van der Waals surface area (Å²) in [7, 11) is 1.62. The van der Waals surface area contributed by atoms with E-state index in [4.69, 9.17) is 10.00 Å². The van der Waals surface area contributed by atoms with Crippen LogP contribution in [0.3, 0.4) is 0 Å². The molecule has 0 aliphatic rings. The van der Waals surface area contributed by atoms with E-state index >= 15 is 0 Å². The molecule has 4 nitrogen and oxygen atoms in total. The van der Waals surface area contributed by atoms with Gasteiger partial charge in [-0.25, -0.2) is 0 Å². The largest absolute Gasteiger partial charge is 0.497 e. The number of carbonyl (C=O) groups is 1. The summed E-state index contributed by atoms with van der Waals surface area (Å²) in [5.74, 6) is 0.639. The number of carbonyl (C=O) groups excluding carboxylic acids is 1. The molecule has 1 amide bonds. The minimum Gasteiger partial charge on any atom is -0.497 e. The van der Waals surface area contributed by atoms with Crippen molar-refractivity contribution in [2.45, 2.75) is 13.0 Å². The van der Waals surface area contributed by atoms with Crippen LogP contribution in [0.1, 0.15) is 21.5 Å². The Morgan fingerprint density at radius 3 is 2.62 bits per heavy atom. The molecule has 0 atom stereocenters. The second kappa shape index (κ2) is 7.11. The number of ether oxygens (including phenoxy) is 1. The average Bonchev–Trinajstić information content (AvgIpc) is 2.53. The average molecular weight is 280 g/mol. The van der Waals surface area contributed by atoms with Crippen LogP contribution < -0.4 is 10.1 Å². The van der Waals surface area contributed by atoms with Crippen molar-refractivity contribution in [1.82, 2.24) is 5.32 Å². The van der Waals surface area contributed by atoms with Crippen molar-refractivity contribution in [3.63, 3.8) is 0 Å². The van der Waals surface area contributed by atoms with Crippen LogP contribution in [0, 0.1) is 11.3 Å². The van der Waals surface area contributed by atoms with Crippen LogP contribution in [-0.2, 0) is 13.0 Å². The second-order valence-corrected chi connectivity index (χ2v) is 4.57. The highest BCUT2D eigenvalue weighted by Gasteiger charge is 2.06. The van der Waals surface area contributed by atoms with Crippen molar-refractivity contribution >= 4 is 5.91 Å². The van der Waals surface area contributed by atoms with Gasteiger partial charge in [0, 0.05) is 12.1 Å². The first-order chi connectivity index (χ1) is 10.2. The third kappa shape index (κ3) is 4.08. The number of benzene rings is 2. The second-order valence-electron chi connectivity index (χ2n) is 4.57. The molecule has 0 bridgehead atoms. The van der Waals surface area contributed by atoms with Gasteiger partial charge in [0.1, 0.15) is 5.75 Å². The summed E-state index contributed by atoms with van der Waals surface area (Å²) in [6.07, 6.45) is 0.305. The van der Waals surface area contributed by atoms with E-state index in [9.17, 15) is 4.79 Å². The first-order valence-corrected chi connectivity index (χ1v) is 6.60. The van der Waals surface area contributed by atoms with Gasteiger partial charge in [-0.1, -0.05) is 24.3 Å². The standard InChI is InChI=1S/C17H16N2O2/c1-21-16-7-5-14(6-8-16)12-19-17(20)15-4-2-3-13(11-15)9-10-18/h2-8,11H,9,12H2,1H3,(H,19,20). The van der Waals surface area contributed by atoms with Crippen LogP contribution >= 0.6 is 0 Å². The van der Waals surface area contributed by atoms with Gasteiger partial charge in [-0.3, -0.25) is 4.79 Å². The zero-order chi connectivity index (χ0) is 15.1. The first kappa shape index (κ1) is 14.6. The molecule has 21 heavy (non-hydrogen) atoms. The zero-order valence-corrected chi connectivity index (χ0v) is 11.8. The van der Waals surface area contributed by atoms with E-state index < -0.39 is 0 Å². The fourth-order valence-corrected chi connectivity index (χ4v) is 1.94. The first-order valence-electron chi connectivity index (χ1n) is 6.60. The topological polar surface area (TPSA) is 62.1 Å². The molecule has 2 rings (SSSR count). The molecule has 106 valence electrons. The Labute approximate surface area is 124 Å². The van der Waals surface area contributed by atoms with E-state index in [-0.39, 0.29) is 5.91 Å². The Hall–Kier alpha value is -2.80. The quantitative estimate of drug-likeness (QED) is 0.916. The van der Waals surface area contributed by atoms with E-state index in [1.54, 1.807) is 25.3 Å². The fourth-order valence-electron chi connectivity index (χ4n) is 1.94. The minimum atomic E-state index is -0.148. The van der Waals surface area contributed by atoms with Crippen LogP contribution in [0.15, 0.2) is 48.5 Å². The molecule has 1 N–H and O–H groups in total. The number of methoxy groups -OCH3 is 1. The van der Waals surface area contributed by atoms with Crippen molar-refractivity contribution in [2.75, 3.05) is 7.11 Å². The van der Waals surface area contributed by atoms with Crippen LogP contribution in [-0.4, -0.2) is 13.0 Å². The molecule has 0 heterocycles. The normalized spacial score (nSPS) is 9.71. The molecule has 0 saturated heterocycles. The fraction of sp³-hybridized carbons (Fsp3) is 0.176. The lowest BCUT2D eigenvalue weighted by Crippen LogP contribution is -2.22. The summed E-state index contributed by atoms with van der Waals surface area (Å²) in [5.41, 5.74) is 2.41. The highest BCUT2D eigenvalue weighted by molar-refractivity contribution is 5.94. The van der Waals surface area contributed by atoms with Gasteiger partial charge in [0.2, 0.25) is 0 Å². The number of nitrogens with one attached hydrogen (secondary N) is 1. The zero-order valence-electron chi connectivity index (χ0n) is 11.8. The van der Waals surface area contributed by atoms with Crippen molar-refractivity contribution in [3.8, 4) is 11.8 Å². The molecule has 0 aliphatic carbocycles. The Balaban J connectivity index is 1.97. The van der Waals surface area contributed by atoms with Gasteiger partial charge in [-0.05, 0) is 35.4 Å². The Morgan fingerprint density at radius 1 is 1.19 bits per heavy atom. The van der Waals surface area contributed by atoms with Crippen LogP contribution in [0.4, 0.5) is 0 Å². The number of rotatable bonds is 5. The summed E-state index contributed by atoms with van der Waals surface area (Å²) in [5, 5.41) is 11.5. The van der Waals surface area contributed by atoms with Crippen LogP contribution in [0.25, 0.3) is 0 Å². The maximum atomic E-state index is 12.1. The molecule has 0 spiro atoms. The molecule has 0 aromatic heterocycles. The van der Waals surface area contributed by atoms with E-state index in [1.165, 1.54) is 0 Å². The monoisotopic (exact) mass is 280 g/mol. The lowest BCUT2D eigenvalue weighted by molar-refractivity contribution is 0.0951. The third-order valence-electron chi connectivity index (χ3n) is 3.08. The van der Waals surface area contributed by atoms with Gasteiger partial charge in [0.05, 0.1) is 19.6 Å². The summed E-state index contributed by atoms with van der Waals surface area (Å²) < 4.78 is 5.09. The van der Waals surface area contributed by atoms with Crippen LogP contribution in [0.2, 0.25) is 0 Å². The van der Waals surface area contributed by atoms with Gasteiger partial charge in [0.15, 0.2) is 0 Å². The third-order valence-corrected chi connectivity index (χ3v) is 3.08. The lowest BCUT2D eigenvalue weighted by Gasteiger charge is -2.07. The van der Waals surface area contributed by atoms with Crippen molar-refractivity contribution < 1.29 is 9.53 Å². The maximum absolute atomic E-state index is 12.1. The van der Waals surface area contributed by atoms with Crippen molar-refractivity contribution in [2.24, 2.45) is 0 Å². The molecule has 0 aliphatic heterocycles. The lowest BCUT2D eigenvalue weighted by atomic mass is 10.1. The number of hydrogen-bond acceptors (Lipinski definition) is 3. The van der Waals surface area contributed by atoms with Gasteiger partial charge in [-0.15, -0.1) is 0 Å². The number of hydrogen-bond donors (Lipinski definition) is 1. The molecule has 0 saturated carbocycles. The molecular formula is C17H16N2O2. The molecule has 2 aromatic carbocycles. The van der Waals surface area contributed by atoms with Gasteiger partial charge in [0.25, 0.3) is 5.91 Å². The van der Waals surface area contributed by atoms with E-state index in [0.717, 1.165) is 16.9 Å². The van der Waals surface area contributed by atoms with E-state index in [2.05, 4.69) is 11.4 Å². The predicted molar refractivity (Wildman–Crippen MR) is 79.9 cm³/mol. The van der Waals surface area contributed by atoms with Crippen molar-refractivity contribution in [1.29, 1.82) is 5.26 Å². The Morgan fingerprint density at radius 2 is 1.95 bits per heavy atom. The summed E-state index contributed by atoms with van der Waals surface area (Å²) >= 11 is 0. The molecule has 0 radical (unpaired) electrons. The van der Waals surface area contributed by atoms with Crippen LogP contribution in [0.5, 0.6) is 5.75 Å². The van der Waals surface area contributed by atoms with Gasteiger partial charge in [-0.2, -0.15) is 5.26 Å². The summed E-state index contributed by atoms with van der Waals surface area (Å²) in [6, 6.07) is 16.7. The highest BCUT2D eigenvalue weighted by atomic mass is 16.5. The van der Waals surface area contributed by atoms with E-state index in [1.807, 2.05) is 30.3 Å². The van der Waals surface area contributed by atoms with Crippen molar-refractivity contribution in [3.05, 3.63) is 65.2 Å². The minimum absolute atomic E-state index is 0.148. The highest BCUT2D eigenvalue weighted by Crippen LogP contribution is 2.11. The maximum Gasteiger partial charge on any atom is 0.251 e. The van der Waals surface area contributed by atoms with E-state index in [0.29, 0.717) is 18.5 Å². The number of amides is 1. The number of nitriles is 1. The number of nitrogens with zero attached hydrogens (tertiary/aromatic N) is 1. The van der Waals surface area contributed by atoms with Gasteiger partial charge >= 0.3 is 0 Å². The molecule has 0 fully saturated rings. The summed E-state index contributed by atoms with van der Waals surface area (Å²) in [4.78, 5) is 12.1.